The number of hydrogen-bond donors (Lipinski definition) is 2. The number of para-hydroxylation sites is 1. The molecule has 0 aliphatic carbocycles. The Hall–Kier alpha value is -3.68. The fraction of sp³-hybridized carbons (Fsp3) is 0.273. The molecule has 0 saturated heterocycles. The quantitative estimate of drug-likeness (QED) is 0.622. The van der Waals surface area contributed by atoms with Crippen LogP contribution in [0.4, 0.5) is 0 Å². The average Bonchev–Trinajstić information content (AvgIpc) is 3.39. The highest BCUT2D eigenvalue weighted by Crippen LogP contribution is 2.38. The van der Waals surface area contributed by atoms with E-state index in [0.29, 0.717) is 24.3 Å². The highest BCUT2D eigenvalue weighted by atomic mass is 16.5. The number of hydrogen-bond acceptors (Lipinski definition) is 6. The van der Waals surface area contributed by atoms with Crippen molar-refractivity contribution in [2.45, 2.75) is 32.3 Å². The van der Waals surface area contributed by atoms with Gasteiger partial charge in [-0.15, -0.1) is 0 Å². The van der Waals surface area contributed by atoms with Crippen LogP contribution in [0.2, 0.25) is 0 Å². The molecule has 3 aromatic rings. The normalized spacial score (nSPS) is 14.8. The van der Waals surface area contributed by atoms with Gasteiger partial charge in [-0.3, -0.25) is 14.6 Å². The fourth-order valence-electron chi connectivity index (χ4n) is 3.48. The zero-order valence-corrected chi connectivity index (χ0v) is 16.6. The lowest BCUT2D eigenvalue weighted by molar-refractivity contribution is 0.0924. The minimum Gasteiger partial charge on any atom is -0.487 e. The molecule has 3 heterocycles. The summed E-state index contributed by atoms with van der Waals surface area (Å²) in [6.07, 6.45) is 5.22. The molecular formula is C22H22N4O4. The molecule has 0 saturated carbocycles. The van der Waals surface area contributed by atoms with Gasteiger partial charge in [0.1, 0.15) is 17.6 Å². The van der Waals surface area contributed by atoms with Gasteiger partial charge in [-0.1, -0.05) is 30.3 Å². The maximum absolute atomic E-state index is 12.3. The second-order valence-electron chi connectivity index (χ2n) is 7.20. The highest BCUT2D eigenvalue weighted by molar-refractivity contribution is 5.94. The van der Waals surface area contributed by atoms with Crippen molar-refractivity contribution in [3.8, 4) is 16.9 Å². The van der Waals surface area contributed by atoms with Gasteiger partial charge < -0.3 is 20.3 Å². The van der Waals surface area contributed by atoms with E-state index in [2.05, 4.69) is 15.5 Å². The number of primary amides is 1. The Bertz CT molecular complexity index is 1090. The van der Waals surface area contributed by atoms with Gasteiger partial charge in [-0.25, -0.2) is 0 Å². The number of aryl methyl sites for hydroxylation is 1. The Morgan fingerprint density at radius 2 is 2.13 bits per heavy atom. The lowest BCUT2D eigenvalue weighted by atomic mass is 10.0. The van der Waals surface area contributed by atoms with Gasteiger partial charge in [0.15, 0.2) is 5.69 Å². The molecule has 4 rings (SSSR count). The first-order valence-corrected chi connectivity index (χ1v) is 9.82. The Kier molecular flexibility index (Phi) is 5.47. The predicted octanol–water partition coefficient (Wildman–Crippen LogP) is 2.52. The van der Waals surface area contributed by atoms with E-state index in [1.807, 2.05) is 25.1 Å². The molecule has 154 valence electrons. The summed E-state index contributed by atoms with van der Waals surface area (Å²) in [5.74, 6) is 0.600. The number of aromatic nitrogens is 2. The van der Waals surface area contributed by atoms with E-state index in [0.717, 1.165) is 35.3 Å². The third-order valence-corrected chi connectivity index (χ3v) is 4.94. The summed E-state index contributed by atoms with van der Waals surface area (Å²) >= 11 is 0. The van der Waals surface area contributed by atoms with Crippen LogP contribution in [-0.4, -0.2) is 34.6 Å². The predicted molar refractivity (Wildman–Crippen MR) is 109 cm³/mol. The summed E-state index contributed by atoms with van der Waals surface area (Å²) in [5, 5.41) is 6.68. The largest absolute Gasteiger partial charge is 0.487 e. The van der Waals surface area contributed by atoms with Crippen molar-refractivity contribution in [1.29, 1.82) is 0 Å². The maximum Gasteiger partial charge on any atom is 0.273 e. The number of carbonyl (C=O) groups is 2. The van der Waals surface area contributed by atoms with Crippen LogP contribution in [0.15, 0.2) is 47.2 Å². The van der Waals surface area contributed by atoms with Gasteiger partial charge in [-0.05, 0) is 18.1 Å². The Morgan fingerprint density at radius 3 is 2.93 bits per heavy atom. The van der Waals surface area contributed by atoms with Crippen molar-refractivity contribution in [2.75, 3.05) is 6.54 Å². The van der Waals surface area contributed by atoms with E-state index >= 15 is 0 Å². The first-order valence-electron chi connectivity index (χ1n) is 9.82. The van der Waals surface area contributed by atoms with E-state index in [9.17, 15) is 9.59 Å². The lowest BCUT2D eigenvalue weighted by Crippen LogP contribution is -2.34. The number of pyridine rings is 1. The van der Waals surface area contributed by atoms with Crippen LogP contribution in [0.5, 0.6) is 5.75 Å². The molecule has 8 nitrogen and oxygen atoms in total. The topological polar surface area (TPSA) is 120 Å². The number of nitrogens with zero attached hydrogens (tertiary/aromatic N) is 2. The molecule has 2 aromatic heterocycles. The van der Waals surface area contributed by atoms with E-state index in [1.54, 1.807) is 18.3 Å². The number of fused-ring (bicyclic) bond motifs is 1. The molecular weight excluding hydrogens is 384 g/mol. The van der Waals surface area contributed by atoms with Gasteiger partial charge >= 0.3 is 0 Å². The summed E-state index contributed by atoms with van der Waals surface area (Å²) in [7, 11) is 0. The van der Waals surface area contributed by atoms with Gasteiger partial charge in [0.05, 0.1) is 12.1 Å². The van der Waals surface area contributed by atoms with Crippen molar-refractivity contribution in [2.24, 2.45) is 5.73 Å². The monoisotopic (exact) mass is 406 g/mol. The third kappa shape index (κ3) is 4.03. The van der Waals surface area contributed by atoms with Crippen molar-refractivity contribution >= 4 is 11.8 Å². The molecule has 3 N–H and O–H groups in total. The van der Waals surface area contributed by atoms with Crippen molar-refractivity contribution in [3.05, 3.63) is 65.3 Å². The molecule has 8 heteroatoms. The smallest absolute Gasteiger partial charge is 0.273 e. The molecule has 1 aliphatic rings. The van der Waals surface area contributed by atoms with Crippen LogP contribution >= 0.6 is 0 Å². The first kappa shape index (κ1) is 19.6. The summed E-state index contributed by atoms with van der Waals surface area (Å²) in [4.78, 5) is 27.9. The number of amides is 2. The first-order chi connectivity index (χ1) is 14.5. The zero-order valence-electron chi connectivity index (χ0n) is 16.6. The zero-order chi connectivity index (χ0) is 21.1. The summed E-state index contributed by atoms with van der Waals surface area (Å²) in [6.45, 7) is 2.37. The van der Waals surface area contributed by atoms with E-state index < -0.39 is 5.91 Å². The van der Waals surface area contributed by atoms with Crippen molar-refractivity contribution in [3.63, 3.8) is 0 Å². The molecule has 0 fully saturated rings. The van der Waals surface area contributed by atoms with Crippen molar-refractivity contribution in [1.82, 2.24) is 15.5 Å². The minimum atomic E-state index is -0.534. The van der Waals surface area contributed by atoms with E-state index in [-0.39, 0.29) is 17.7 Å². The number of benzene rings is 1. The van der Waals surface area contributed by atoms with Crippen LogP contribution < -0.4 is 15.8 Å². The summed E-state index contributed by atoms with van der Waals surface area (Å²) in [5.41, 5.74) is 8.58. The molecule has 0 unspecified atom stereocenters. The maximum atomic E-state index is 12.3. The molecule has 1 atom stereocenters. The Balaban J connectivity index is 1.45. The SMILES string of the molecule is CCCc1cc(C(=O)NC[C@H]2Cc3cccc(-c4cncc(C(N)=O)c4)c3O2)no1. The Labute approximate surface area is 173 Å². The average molecular weight is 406 g/mol. The lowest BCUT2D eigenvalue weighted by Gasteiger charge is -2.13. The number of ether oxygens (including phenoxy) is 1. The third-order valence-electron chi connectivity index (χ3n) is 4.94. The summed E-state index contributed by atoms with van der Waals surface area (Å²) < 4.78 is 11.3. The van der Waals surface area contributed by atoms with Gasteiger partial charge in [-0.2, -0.15) is 0 Å². The van der Waals surface area contributed by atoms with E-state index in [1.165, 1.54) is 6.20 Å². The van der Waals surface area contributed by atoms with Gasteiger partial charge in [0, 0.05) is 42.4 Å². The van der Waals surface area contributed by atoms with Crippen LogP contribution in [0.1, 0.15) is 45.5 Å². The Morgan fingerprint density at radius 1 is 1.27 bits per heavy atom. The standard InChI is InChI=1S/C22H22N4O4/c1-2-4-16-9-19(26-30-16)22(28)25-12-17-8-13-5-3-6-18(20(13)29-17)14-7-15(21(23)27)11-24-10-14/h3,5-7,9-11,17H,2,4,8,12H2,1H3,(H2,23,27)(H,25,28)/t17-/m1/s1. The highest BCUT2D eigenvalue weighted by Gasteiger charge is 2.27. The number of rotatable bonds is 7. The molecule has 0 spiro atoms. The molecule has 30 heavy (non-hydrogen) atoms. The molecule has 0 bridgehead atoms. The van der Waals surface area contributed by atoms with Crippen LogP contribution in [-0.2, 0) is 12.8 Å². The second kappa shape index (κ2) is 8.36. The van der Waals surface area contributed by atoms with Gasteiger partial charge in [0.25, 0.3) is 5.91 Å². The summed E-state index contributed by atoms with van der Waals surface area (Å²) in [6, 6.07) is 9.19. The minimum absolute atomic E-state index is 0.209. The fourth-order valence-corrected chi connectivity index (χ4v) is 3.48. The van der Waals surface area contributed by atoms with Crippen molar-refractivity contribution < 1.29 is 18.8 Å². The molecule has 1 aromatic carbocycles. The second-order valence-corrected chi connectivity index (χ2v) is 7.20. The van der Waals surface area contributed by atoms with Crippen LogP contribution in [0.3, 0.4) is 0 Å². The molecule has 0 radical (unpaired) electrons. The number of nitrogens with two attached hydrogens (primary N) is 1. The molecule has 1 aliphatic heterocycles. The van der Waals surface area contributed by atoms with Crippen LogP contribution in [0, 0.1) is 0 Å². The molecule has 2 amide bonds. The van der Waals surface area contributed by atoms with E-state index in [4.69, 9.17) is 15.0 Å². The van der Waals surface area contributed by atoms with Gasteiger partial charge in [0.2, 0.25) is 5.91 Å². The number of carbonyl (C=O) groups excluding carboxylic acids is 2. The number of nitrogens with one attached hydrogen (secondary N) is 1. The van der Waals surface area contributed by atoms with Crippen LogP contribution in [0.25, 0.3) is 11.1 Å².